The van der Waals surface area contributed by atoms with E-state index >= 15 is 0 Å². The molecule has 1 aliphatic heterocycles. The molecule has 0 atom stereocenters. The molecular formula is C15H18N2O2. The number of amides is 1. The molecule has 1 amide bonds. The van der Waals surface area contributed by atoms with Crippen molar-refractivity contribution in [2.45, 2.75) is 25.9 Å². The summed E-state index contributed by atoms with van der Waals surface area (Å²) < 4.78 is 5.57. The minimum absolute atomic E-state index is 0.00653. The smallest absolute Gasteiger partial charge is 0.253 e. The normalized spacial score (nSPS) is 16.1. The van der Waals surface area contributed by atoms with E-state index in [-0.39, 0.29) is 12.0 Å². The maximum absolute atomic E-state index is 12.3. The number of carbonyl (C=O) groups is 1. The number of hydrogen-bond donors (Lipinski definition) is 0. The Hall–Kier alpha value is -1.86. The van der Waals surface area contributed by atoms with Gasteiger partial charge in [-0.15, -0.1) is 0 Å². The summed E-state index contributed by atoms with van der Waals surface area (Å²) in [7, 11) is 0. The lowest BCUT2D eigenvalue weighted by molar-refractivity contribution is 0.0146. The highest BCUT2D eigenvalue weighted by Gasteiger charge is 2.23. The lowest BCUT2D eigenvalue weighted by Crippen LogP contribution is -2.40. The van der Waals surface area contributed by atoms with Crippen LogP contribution < -0.4 is 0 Å². The van der Waals surface area contributed by atoms with Gasteiger partial charge in [0.2, 0.25) is 0 Å². The Balaban J connectivity index is 1.99. The lowest BCUT2D eigenvalue weighted by Gasteiger charge is -2.31. The first-order valence-electron chi connectivity index (χ1n) is 6.65. The van der Waals surface area contributed by atoms with E-state index in [1.807, 2.05) is 11.8 Å². The predicted octanol–water partition coefficient (Wildman–Crippen LogP) is 2.20. The van der Waals surface area contributed by atoms with Crippen LogP contribution >= 0.6 is 0 Å². The van der Waals surface area contributed by atoms with Gasteiger partial charge in [-0.25, -0.2) is 0 Å². The van der Waals surface area contributed by atoms with Crippen LogP contribution in [-0.2, 0) is 4.74 Å². The van der Waals surface area contributed by atoms with Crippen LogP contribution in [0.3, 0.4) is 0 Å². The maximum atomic E-state index is 12.3. The minimum atomic E-state index is 0.00653. The van der Waals surface area contributed by atoms with Crippen LogP contribution in [0.5, 0.6) is 0 Å². The van der Waals surface area contributed by atoms with Gasteiger partial charge >= 0.3 is 0 Å². The number of piperidine rings is 1. The van der Waals surface area contributed by atoms with Gasteiger partial charge < -0.3 is 9.64 Å². The Labute approximate surface area is 113 Å². The first-order valence-corrected chi connectivity index (χ1v) is 6.65. The first-order chi connectivity index (χ1) is 9.24. The fourth-order valence-corrected chi connectivity index (χ4v) is 2.37. The number of nitriles is 1. The predicted molar refractivity (Wildman–Crippen MR) is 71.7 cm³/mol. The Bertz CT molecular complexity index is 485. The van der Waals surface area contributed by atoms with Gasteiger partial charge in [-0.3, -0.25) is 4.79 Å². The summed E-state index contributed by atoms with van der Waals surface area (Å²) >= 11 is 0. The van der Waals surface area contributed by atoms with Crippen molar-refractivity contribution in [3.63, 3.8) is 0 Å². The molecule has 0 aromatic heterocycles. The monoisotopic (exact) mass is 258 g/mol. The van der Waals surface area contributed by atoms with Crippen LogP contribution in [0.1, 0.15) is 35.7 Å². The zero-order valence-corrected chi connectivity index (χ0v) is 11.1. The zero-order valence-electron chi connectivity index (χ0n) is 11.1. The van der Waals surface area contributed by atoms with E-state index in [4.69, 9.17) is 10.00 Å². The molecule has 0 aliphatic carbocycles. The second-order valence-electron chi connectivity index (χ2n) is 4.64. The van der Waals surface area contributed by atoms with Gasteiger partial charge in [0, 0.05) is 25.3 Å². The second kappa shape index (κ2) is 6.35. The first kappa shape index (κ1) is 13.6. The molecule has 2 rings (SSSR count). The molecule has 1 aromatic rings. The van der Waals surface area contributed by atoms with Crippen molar-refractivity contribution in [1.29, 1.82) is 5.26 Å². The van der Waals surface area contributed by atoms with Crippen LogP contribution in [-0.4, -0.2) is 36.6 Å². The third kappa shape index (κ3) is 3.33. The molecule has 4 heteroatoms. The van der Waals surface area contributed by atoms with Crippen molar-refractivity contribution in [2.75, 3.05) is 19.7 Å². The van der Waals surface area contributed by atoms with Gasteiger partial charge in [-0.1, -0.05) is 6.07 Å². The zero-order chi connectivity index (χ0) is 13.7. The average molecular weight is 258 g/mol. The van der Waals surface area contributed by atoms with E-state index < -0.39 is 0 Å². The molecule has 0 spiro atoms. The van der Waals surface area contributed by atoms with Crippen molar-refractivity contribution in [1.82, 2.24) is 4.90 Å². The molecule has 1 aromatic carbocycles. The lowest BCUT2D eigenvalue weighted by atomic mass is 10.1. The van der Waals surface area contributed by atoms with Crippen molar-refractivity contribution in [3.05, 3.63) is 35.4 Å². The summed E-state index contributed by atoms with van der Waals surface area (Å²) in [6.07, 6.45) is 2.05. The molecule has 1 heterocycles. The highest BCUT2D eigenvalue weighted by atomic mass is 16.5. The molecule has 1 aliphatic rings. The SMILES string of the molecule is CCOC1CCN(C(=O)c2cccc(C#N)c2)CC1. The Morgan fingerprint density at radius 3 is 2.84 bits per heavy atom. The molecule has 1 saturated heterocycles. The van der Waals surface area contributed by atoms with E-state index in [0.29, 0.717) is 11.1 Å². The van der Waals surface area contributed by atoms with Crippen LogP contribution in [0, 0.1) is 11.3 Å². The quantitative estimate of drug-likeness (QED) is 0.835. The number of ether oxygens (including phenoxy) is 1. The highest BCUT2D eigenvalue weighted by Crippen LogP contribution is 2.16. The van der Waals surface area contributed by atoms with E-state index in [1.165, 1.54) is 0 Å². The van der Waals surface area contributed by atoms with Gasteiger partial charge in [-0.2, -0.15) is 5.26 Å². The Morgan fingerprint density at radius 1 is 1.47 bits per heavy atom. The van der Waals surface area contributed by atoms with Crippen LogP contribution in [0.4, 0.5) is 0 Å². The number of rotatable bonds is 3. The number of carbonyl (C=O) groups excluding carboxylic acids is 1. The van der Waals surface area contributed by atoms with Crippen LogP contribution in [0.25, 0.3) is 0 Å². The second-order valence-corrected chi connectivity index (χ2v) is 4.64. The molecule has 0 unspecified atom stereocenters. The number of hydrogen-bond acceptors (Lipinski definition) is 3. The van der Waals surface area contributed by atoms with E-state index in [1.54, 1.807) is 24.3 Å². The van der Waals surface area contributed by atoms with E-state index in [2.05, 4.69) is 6.07 Å². The summed E-state index contributed by atoms with van der Waals surface area (Å²) in [5.74, 6) is 0.00653. The molecule has 0 saturated carbocycles. The molecule has 0 N–H and O–H groups in total. The summed E-state index contributed by atoms with van der Waals surface area (Å²) in [5.41, 5.74) is 1.11. The van der Waals surface area contributed by atoms with Crippen molar-refractivity contribution < 1.29 is 9.53 Å². The fourth-order valence-electron chi connectivity index (χ4n) is 2.37. The van der Waals surface area contributed by atoms with Crippen molar-refractivity contribution in [3.8, 4) is 6.07 Å². The summed E-state index contributed by atoms with van der Waals surface area (Å²) in [5, 5.41) is 8.86. The average Bonchev–Trinajstić information content (AvgIpc) is 2.48. The number of nitrogens with zero attached hydrogens (tertiary/aromatic N) is 2. The number of likely N-dealkylation sites (tertiary alicyclic amines) is 1. The standard InChI is InChI=1S/C15H18N2O2/c1-2-19-14-6-8-17(9-7-14)15(18)13-5-3-4-12(10-13)11-16/h3-5,10,14H,2,6-9H2,1H3. The minimum Gasteiger partial charge on any atom is -0.378 e. The molecule has 100 valence electrons. The fraction of sp³-hybridized carbons (Fsp3) is 0.467. The van der Waals surface area contributed by atoms with Crippen LogP contribution in [0.15, 0.2) is 24.3 Å². The Kier molecular flexibility index (Phi) is 4.53. The summed E-state index contributed by atoms with van der Waals surface area (Å²) in [4.78, 5) is 14.1. The van der Waals surface area contributed by atoms with Crippen LogP contribution in [0.2, 0.25) is 0 Å². The van der Waals surface area contributed by atoms with Gasteiger partial charge in [0.1, 0.15) is 0 Å². The third-order valence-electron chi connectivity index (χ3n) is 3.37. The summed E-state index contributed by atoms with van der Waals surface area (Å²) in [6, 6.07) is 8.92. The third-order valence-corrected chi connectivity index (χ3v) is 3.37. The summed E-state index contributed by atoms with van der Waals surface area (Å²) in [6.45, 7) is 4.16. The van der Waals surface area contributed by atoms with Crippen molar-refractivity contribution >= 4 is 5.91 Å². The molecule has 19 heavy (non-hydrogen) atoms. The molecule has 0 radical (unpaired) electrons. The largest absolute Gasteiger partial charge is 0.378 e. The van der Waals surface area contributed by atoms with E-state index in [0.717, 1.165) is 32.5 Å². The highest BCUT2D eigenvalue weighted by molar-refractivity contribution is 5.94. The molecule has 0 bridgehead atoms. The van der Waals surface area contributed by atoms with Gasteiger partial charge in [0.15, 0.2) is 0 Å². The van der Waals surface area contributed by atoms with Gasteiger partial charge in [0.25, 0.3) is 5.91 Å². The van der Waals surface area contributed by atoms with E-state index in [9.17, 15) is 4.79 Å². The van der Waals surface area contributed by atoms with Crippen molar-refractivity contribution in [2.24, 2.45) is 0 Å². The molecular weight excluding hydrogens is 240 g/mol. The number of benzene rings is 1. The molecule has 4 nitrogen and oxygen atoms in total. The topological polar surface area (TPSA) is 53.3 Å². The van der Waals surface area contributed by atoms with Gasteiger partial charge in [-0.05, 0) is 38.0 Å². The Morgan fingerprint density at radius 2 is 2.21 bits per heavy atom. The maximum Gasteiger partial charge on any atom is 0.253 e. The van der Waals surface area contributed by atoms with Gasteiger partial charge in [0.05, 0.1) is 17.7 Å². The molecule has 1 fully saturated rings.